The molecule has 0 aliphatic rings. The minimum absolute atomic E-state index is 0.159. The first kappa shape index (κ1) is 15.9. The van der Waals surface area contributed by atoms with Crippen LogP contribution in [0.25, 0.3) is 0 Å². The first-order valence-electron chi connectivity index (χ1n) is 6.21. The lowest BCUT2D eigenvalue weighted by atomic mass is 10.4. The van der Waals surface area contributed by atoms with Crippen molar-refractivity contribution >= 4 is 15.7 Å². The van der Waals surface area contributed by atoms with Gasteiger partial charge in [0.15, 0.2) is 0 Å². The summed E-state index contributed by atoms with van der Waals surface area (Å²) >= 11 is 0. The Labute approximate surface area is 114 Å². The summed E-state index contributed by atoms with van der Waals surface area (Å²) in [6.45, 7) is 4.74. The van der Waals surface area contributed by atoms with E-state index in [-0.39, 0.29) is 17.5 Å². The van der Waals surface area contributed by atoms with Crippen molar-refractivity contribution in [2.24, 2.45) is 0 Å². The van der Waals surface area contributed by atoms with Crippen molar-refractivity contribution < 1.29 is 13.2 Å². The molecule has 1 unspecified atom stereocenters. The second-order valence-electron chi connectivity index (χ2n) is 4.20. The maximum Gasteiger partial charge on any atom is 0.244 e. The molecule has 0 aromatic carbocycles. The van der Waals surface area contributed by atoms with Crippen LogP contribution in [0.1, 0.15) is 20.3 Å². The molecule has 0 spiro atoms. The number of anilines is 1. The second-order valence-corrected chi connectivity index (χ2v) is 5.93. The third kappa shape index (κ3) is 4.77. The number of sulfonamides is 1. The summed E-state index contributed by atoms with van der Waals surface area (Å²) < 4.78 is 31.9. The van der Waals surface area contributed by atoms with Crippen LogP contribution in [0.15, 0.2) is 23.4 Å². The van der Waals surface area contributed by atoms with E-state index in [2.05, 4.69) is 15.0 Å². The molecule has 19 heavy (non-hydrogen) atoms. The average Bonchev–Trinajstić information content (AvgIpc) is 2.42. The third-order valence-corrected chi connectivity index (χ3v) is 4.05. The van der Waals surface area contributed by atoms with Crippen LogP contribution in [0, 0.1) is 0 Å². The van der Waals surface area contributed by atoms with Crippen molar-refractivity contribution in [3.63, 3.8) is 0 Å². The van der Waals surface area contributed by atoms with Gasteiger partial charge in [-0.1, -0.05) is 6.92 Å². The predicted molar refractivity (Wildman–Crippen MR) is 74.7 cm³/mol. The van der Waals surface area contributed by atoms with E-state index in [4.69, 9.17) is 4.74 Å². The van der Waals surface area contributed by atoms with Crippen LogP contribution < -0.4 is 10.0 Å². The summed E-state index contributed by atoms with van der Waals surface area (Å²) in [5, 5.41) is 3.08. The van der Waals surface area contributed by atoms with Gasteiger partial charge in [0.05, 0.1) is 11.8 Å². The fourth-order valence-corrected chi connectivity index (χ4v) is 2.63. The molecule has 6 nitrogen and oxygen atoms in total. The Hall–Kier alpha value is -1.18. The number of nitrogens with one attached hydrogen (secondary N) is 2. The van der Waals surface area contributed by atoms with E-state index in [1.807, 2.05) is 6.92 Å². The number of aromatic nitrogens is 1. The monoisotopic (exact) mass is 287 g/mol. The largest absolute Gasteiger partial charge is 0.384 e. The van der Waals surface area contributed by atoms with E-state index in [0.29, 0.717) is 12.2 Å². The van der Waals surface area contributed by atoms with Gasteiger partial charge in [-0.2, -0.15) is 0 Å². The van der Waals surface area contributed by atoms with Crippen LogP contribution in [-0.4, -0.2) is 39.7 Å². The molecule has 108 valence electrons. The maximum absolute atomic E-state index is 12.2. The SMILES string of the molecule is CCCNc1ccncc1S(=O)(=O)NCC(C)OC. The quantitative estimate of drug-likeness (QED) is 0.751. The van der Waals surface area contributed by atoms with Gasteiger partial charge in [-0.15, -0.1) is 0 Å². The number of hydrogen-bond donors (Lipinski definition) is 2. The molecule has 7 heteroatoms. The van der Waals surface area contributed by atoms with Crippen molar-refractivity contribution in [3.05, 3.63) is 18.5 Å². The molecule has 1 heterocycles. The molecule has 2 N–H and O–H groups in total. The van der Waals surface area contributed by atoms with E-state index in [9.17, 15) is 8.42 Å². The molecule has 0 amide bonds. The fourth-order valence-electron chi connectivity index (χ4n) is 1.39. The van der Waals surface area contributed by atoms with Crippen LogP contribution in [0.3, 0.4) is 0 Å². The maximum atomic E-state index is 12.2. The molecular weight excluding hydrogens is 266 g/mol. The summed E-state index contributed by atoms with van der Waals surface area (Å²) in [4.78, 5) is 4.04. The van der Waals surface area contributed by atoms with Crippen molar-refractivity contribution in [1.29, 1.82) is 0 Å². The lowest BCUT2D eigenvalue weighted by Gasteiger charge is -2.14. The van der Waals surface area contributed by atoms with Gasteiger partial charge in [-0.25, -0.2) is 13.1 Å². The molecule has 0 aliphatic heterocycles. The summed E-state index contributed by atoms with van der Waals surface area (Å²) in [5.74, 6) is 0. The Bertz CT molecular complexity index is 491. The first-order valence-corrected chi connectivity index (χ1v) is 7.70. The molecule has 0 radical (unpaired) electrons. The van der Waals surface area contributed by atoms with Gasteiger partial charge in [0.1, 0.15) is 4.90 Å². The Balaban J connectivity index is 2.88. The second kappa shape index (κ2) is 7.42. The number of rotatable bonds is 8. The smallest absolute Gasteiger partial charge is 0.244 e. The molecule has 0 saturated heterocycles. The van der Waals surface area contributed by atoms with Gasteiger partial charge < -0.3 is 10.1 Å². The highest BCUT2D eigenvalue weighted by atomic mass is 32.2. The molecular formula is C12H21N3O3S. The fraction of sp³-hybridized carbons (Fsp3) is 0.583. The van der Waals surface area contributed by atoms with E-state index >= 15 is 0 Å². The van der Waals surface area contributed by atoms with Crippen molar-refractivity contribution in [2.75, 3.05) is 25.5 Å². The topological polar surface area (TPSA) is 80.3 Å². The zero-order chi connectivity index (χ0) is 14.3. The number of ether oxygens (including phenoxy) is 1. The van der Waals surface area contributed by atoms with E-state index in [1.165, 1.54) is 13.3 Å². The number of pyridine rings is 1. The Morgan fingerprint density at radius 1 is 1.47 bits per heavy atom. The van der Waals surface area contributed by atoms with Gasteiger partial charge in [0, 0.05) is 32.6 Å². The highest BCUT2D eigenvalue weighted by Crippen LogP contribution is 2.19. The molecule has 1 rings (SSSR count). The Morgan fingerprint density at radius 2 is 2.21 bits per heavy atom. The summed E-state index contributed by atoms with van der Waals surface area (Å²) in [6.07, 6.45) is 3.64. The zero-order valence-electron chi connectivity index (χ0n) is 11.5. The van der Waals surface area contributed by atoms with Crippen molar-refractivity contribution in [1.82, 2.24) is 9.71 Å². The minimum Gasteiger partial charge on any atom is -0.384 e. The number of methoxy groups -OCH3 is 1. The van der Waals surface area contributed by atoms with E-state index in [1.54, 1.807) is 19.2 Å². The molecule has 0 bridgehead atoms. The van der Waals surface area contributed by atoms with Crippen LogP contribution in [0.4, 0.5) is 5.69 Å². The lowest BCUT2D eigenvalue weighted by molar-refractivity contribution is 0.122. The molecule has 1 aromatic heterocycles. The van der Waals surface area contributed by atoms with Crippen LogP contribution in [0.2, 0.25) is 0 Å². The summed E-state index contributed by atoms with van der Waals surface area (Å²) in [6, 6.07) is 1.66. The van der Waals surface area contributed by atoms with Gasteiger partial charge in [0.2, 0.25) is 10.0 Å². The standard InChI is InChI=1S/C12H21N3O3S/c1-4-6-14-11-5-7-13-9-12(11)19(16,17)15-8-10(2)18-3/h5,7,9-10,15H,4,6,8H2,1-3H3,(H,13,14). The average molecular weight is 287 g/mol. The normalized spacial score (nSPS) is 13.2. The van der Waals surface area contributed by atoms with Gasteiger partial charge >= 0.3 is 0 Å². The molecule has 1 atom stereocenters. The van der Waals surface area contributed by atoms with E-state index in [0.717, 1.165) is 6.42 Å². The van der Waals surface area contributed by atoms with E-state index < -0.39 is 10.0 Å². The lowest BCUT2D eigenvalue weighted by Crippen LogP contribution is -2.32. The van der Waals surface area contributed by atoms with Crippen LogP contribution in [-0.2, 0) is 14.8 Å². The molecule has 0 aliphatic carbocycles. The number of hydrogen-bond acceptors (Lipinski definition) is 5. The van der Waals surface area contributed by atoms with Crippen molar-refractivity contribution in [3.8, 4) is 0 Å². The Kier molecular flexibility index (Phi) is 6.20. The van der Waals surface area contributed by atoms with Gasteiger partial charge in [-0.05, 0) is 19.4 Å². The minimum atomic E-state index is -3.58. The molecule has 0 fully saturated rings. The van der Waals surface area contributed by atoms with Crippen molar-refractivity contribution in [2.45, 2.75) is 31.3 Å². The zero-order valence-corrected chi connectivity index (χ0v) is 12.3. The van der Waals surface area contributed by atoms with Crippen LogP contribution >= 0.6 is 0 Å². The molecule has 1 aromatic rings. The van der Waals surface area contributed by atoms with Gasteiger partial charge in [0.25, 0.3) is 0 Å². The Morgan fingerprint density at radius 3 is 2.84 bits per heavy atom. The number of nitrogens with zero attached hydrogens (tertiary/aromatic N) is 1. The summed E-state index contributed by atoms with van der Waals surface area (Å²) in [7, 11) is -2.04. The van der Waals surface area contributed by atoms with Gasteiger partial charge in [-0.3, -0.25) is 4.98 Å². The third-order valence-electron chi connectivity index (χ3n) is 2.60. The van der Waals surface area contributed by atoms with Crippen LogP contribution in [0.5, 0.6) is 0 Å². The predicted octanol–water partition coefficient (Wildman–Crippen LogP) is 1.22. The highest BCUT2D eigenvalue weighted by molar-refractivity contribution is 7.89. The highest BCUT2D eigenvalue weighted by Gasteiger charge is 2.19. The first-order chi connectivity index (χ1) is 9.01. The molecule has 0 saturated carbocycles. The summed E-state index contributed by atoms with van der Waals surface area (Å²) in [5.41, 5.74) is 0.564.